The Balaban J connectivity index is 2.66. The Labute approximate surface area is 75.5 Å². The van der Waals surface area contributed by atoms with Gasteiger partial charge in [-0.1, -0.05) is 33.6 Å². The molecule has 1 nitrogen and oxygen atoms in total. The van der Waals surface area contributed by atoms with Crippen molar-refractivity contribution in [3.63, 3.8) is 0 Å². The molecule has 0 aliphatic heterocycles. The summed E-state index contributed by atoms with van der Waals surface area (Å²) < 4.78 is 0. The molecule has 1 saturated carbocycles. The van der Waals surface area contributed by atoms with Crippen molar-refractivity contribution < 1.29 is 4.79 Å². The molecular weight excluding hydrogens is 148 g/mol. The van der Waals surface area contributed by atoms with Crippen LogP contribution in [0.25, 0.3) is 0 Å². The van der Waals surface area contributed by atoms with Gasteiger partial charge in [-0.05, 0) is 23.7 Å². The molecule has 0 saturated heterocycles. The molecule has 0 N–H and O–H groups in total. The van der Waals surface area contributed by atoms with Gasteiger partial charge in [-0.2, -0.15) is 0 Å². The SMILES string of the molecule is C[C@@H]1CCCC(C)(C)[C@H]1CC=O. The minimum absolute atomic E-state index is 0.387. The minimum Gasteiger partial charge on any atom is -0.303 e. The molecule has 0 heterocycles. The highest BCUT2D eigenvalue weighted by Crippen LogP contribution is 2.44. The zero-order valence-corrected chi connectivity index (χ0v) is 8.47. The fourth-order valence-corrected chi connectivity index (χ4v) is 2.69. The molecule has 1 rings (SSSR count). The lowest BCUT2D eigenvalue weighted by Crippen LogP contribution is -2.33. The summed E-state index contributed by atoms with van der Waals surface area (Å²) >= 11 is 0. The van der Waals surface area contributed by atoms with Crippen LogP contribution < -0.4 is 0 Å². The van der Waals surface area contributed by atoms with Gasteiger partial charge in [0, 0.05) is 6.42 Å². The van der Waals surface area contributed by atoms with Gasteiger partial charge in [0.1, 0.15) is 6.29 Å². The van der Waals surface area contributed by atoms with Gasteiger partial charge in [0.15, 0.2) is 0 Å². The van der Waals surface area contributed by atoms with Crippen LogP contribution in [0, 0.1) is 17.3 Å². The van der Waals surface area contributed by atoms with Crippen molar-refractivity contribution in [2.45, 2.75) is 46.5 Å². The molecule has 0 unspecified atom stereocenters. The van der Waals surface area contributed by atoms with Gasteiger partial charge in [0.05, 0.1) is 0 Å². The molecule has 12 heavy (non-hydrogen) atoms. The van der Waals surface area contributed by atoms with E-state index in [1.165, 1.54) is 19.3 Å². The summed E-state index contributed by atoms with van der Waals surface area (Å²) in [4.78, 5) is 10.5. The second-order valence-corrected chi connectivity index (χ2v) is 4.87. The van der Waals surface area contributed by atoms with E-state index >= 15 is 0 Å². The molecule has 0 bridgehead atoms. The number of hydrogen-bond donors (Lipinski definition) is 0. The van der Waals surface area contributed by atoms with E-state index in [-0.39, 0.29) is 0 Å². The Morgan fingerprint density at radius 2 is 2.17 bits per heavy atom. The number of rotatable bonds is 2. The third kappa shape index (κ3) is 1.88. The normalized spacial score (nSPS) is 34.6. The summed E-state index contributed by atoms with van der Waals surface area (Å²) in [5.74, 6) is 1.35. The van der Waals surface area contributed by atoms with Crippen LogP contribution in [-0.2, 0) is 4.79 Å². The van der Waals surface area contributed by atoms with Gasteiger partial charge >= 0.3 is 0 Å². The van der Waals surface area contributed by atoms with Crippen molar-refractivity contribution >= 4 is 6.29 Å². The van der Waals surface area contributed by atoms with Crippen LogP contribution in [0.5, 0.6) is 0 Å². The zero-order chi connectivity index (χ0) is 9.19. The van der Waals surface area contributed by atoms with E-state index in [4.69, 9.17) is 0 Å². The summed E-state index contributed by atoms with van der Waals surface area (Å²) in [6.45, 7) is 6.89. The van der Waals surface area contributed by atoms with Crippen LogP contribution in [0.1, 0.15) is 46.5 Å². The number of carbonyl (C=O) groups excluding carboxylic acids is 1. The second kappa shape index (κ2) is 3.59. The van der Waals surface area contributed by atoms with Crippen LogP contribution >= 0.6 is 0 Å². The minimum atomic E-state index is 0.387. The first kappa shape index (κ1) is 9.76. The maximum absolute atomic E-state index is 10.5. The van der Waals surface area contributed by atoms with E-state index < -0.39 is 0 Å². The van der Waals surface area contributed by atoms with Crippen LogP contribution in [0.3, 0.4) is 0 Å². The molecule has 2 atom stereocenters. The molecule has 0 aromatic carbocycles. The molecule has 1 heteroatoms. The summed E-state index contributed by atoms with van der Waals surface area (Å²) in [7, 11) is 0. The van der Waals surface area contributed by atoms with Crippen molar-refractivity contribution in [2.24, 2.45) is 17.3 Å². The lowest BCUT2D eigenvalue weighted by molar-refractivity contribution is -0.110. The molecule has 1 aliphatic carbocycles. The van der Waals surface area contributed by atoms with Crippen LogP contribution in [0.2, 0.25) is 0 Å². The van der Waals surface area contributed by atoms with Gasteiger partial charge in [0.2, 0.25) is 0 Å². The third-order valence-corrected chi connectivity index (χ3v) is 3.52. The fraction of sp³-hybridized carbons (Fsp3) is 0.909. The lowest BCUT2D eigenvalue weighted by atomic mass is 9.63. The quantitative estimate of drug-likeness (QED) is 0.579. The van der Waals surface area contributed by atoms with E-state index in [1.54, 1.807) is 0 Å². The number of aldehydes is 1. The lowest BCUT2D eigenvalue weighted by Gasteiger charge is -2.42. The Morgan fingerprint density at radius 3 is 2.67 bits per heavy atom. The maximum atomic E-state index is 10.5. The van der Waals surface area contributed by atoms with E-state index in [2.05, 4.69) is 20.8 Å². The largest absolute Gasteiger partial charge is 0.303 e. The smallest absolute Gasteiger partial charge is 0.120 e. The molecule has 0 radical (unpaired) electrons. The third-order valence-electron chi connectivity index (χ3n) is 3.52. The predicted molar refractivity (Wildman–Crippen MR) is 51.0 cm³/mol. The highest BCUT2D eigenvalue weighted by Gasteiger charge is 2.35. The summed E-state index contributed by atoms with van der Waals surface area (Å²) in [5, 5.41) is 0. The first-order chi connectivity index (χ1) is 5.58. The Bertz CT molecular complexity index is 160. The summed E-state index contributed by atoms with van der Waals surface area (Å²) in [6.07, 6.45) is 5.78. The van der Waals surface area contributed by atoms with Crippen molar-refractivity contribution in [1.29, 1.82) is 0 Å². The van der Waals surface area contributed by atoms with Crippen molar-refractivity contribution in [1.82, 2.24) is 0 Å². The average Bonchev–Trinajstić information content (AvgIpc) is 1.97. The Hall–Kier alpha value is -0.330. The van der Waals surface area contributed by atoms with E-state index in [1.807, 2.05) is 0 Å². The fourth-order valence-electron chi connectivity index (χ4n) is 2.69. The molecule has 0 spiro atoms. The predicted octanol–water partition coefficient (Wildman–Crippen LogP) is 3.04. The van der Waals surface area contributed by atoms with Crippen molar-refractivity contribution in [3.05, 3.63) is 0 Å². The Morgan fingerprint density at radius 1 is 1.50 bits per heavy atom. The zero-order valence-electron chi connectivity index (χ0n) is 8.47. The standard InChI is InChI=1S/C11H20O/c1-9-5-4-7-11(2,3)10(9)6-8-12/h8-10H,4-7H2,1-3H3/t9-,10+/m1/s1. The van der Waals surface area contributed by atoms with E-state index in [0.29, 0.717) is 11.3 Å². The summed E-state index contributed by atoms with van der Waals surface area (Å²) in [5.41, 5.74) is 0.387. The highest BCUT2D eigenvalue weighted by atomic mass is 16.1. The number of carbonyl (C=O) groups is 1. The van der Waals surface area contributed by atoms with E-state index in [0.717, 1.165) is 18.6 Å². The molecule has 0 aromatic heterocycles. The van der Waals surface area contributed by atoms with Crippen molar-refractivity contribution in [2.75, 3.05) is 0 Å². The topological polar surface area (TPSA) is 17.1 Å². The van der Waals surface area contributed by atoms with Gasteiger partial charge in [-0.25, -0.2) is 0 Å². The molecule has 1 fully saturated rings. The van der Waals surface area contributed by atoms with Gasteiger partial charge in [-0.3, -0.25) is 0 Å². The molecule has 0 aromatic rings. The Kier molecular flexibility index (Phi) is 2.92. The molecule has 70 valence electrons. The summed E-state index contributed by atoms with van der Waals surface area (Å²) in [6, 6.07) is 0. The first-order valence-electron chi connectivity index (χ1n) is 5.01. The molecule has 0 amide bonds. The highest BCUT2D eigenvalue weighted by molar-refractivity contribution is 5.50. The second-order valence-electron chi connectivity index (χ2n) is 4.87. The van der Waals surface area contributed by atoms with E-state index in [9.17, 15) is 4.79 Å². The van der Waals surface area contributed by atoms with Gasteiger partial charge < -0.3 is 4.79 Å². The van der Waals surface area contributed by atoms with Gasteiger partial charge in [0.25, 0.3) is 0 Å². The maximum Gasteiger partial charge on any atom is 0.120 e. The average molecular weight is 168 g/mol. The van der Waals surface area contributed by atoms with Crippen molar-refractivity contribution in [3.8, 4) is 0 Å². The first-order valence-corrected chi connectivity index (χ1v) is 5.01. The monoisotopic (exact) mass is 168 g/mol. The number of hydrogen-bond acceptors (Lipinski definition) is 1. The van der Waals surface area contributed by atoms with Crippen LogP contribution in [-0.4, -0.2) is 6.29 Å². The molecular formula is C11H20O. The van der Waals surface area contributed by atoms with Crippen LogP contribution in [0.15, 0.2) is 0 Å². The van der Waals surface area contributed by atoms with Crippen LogP contribution in [0.4, 0.5) is 0 Å². The molecule has 1 aliphatic rings. The van der Waals surface area contributed by atoms with Gasteiger partial charge in [-0.15, -0.1) is 0 Å².